The molecule has 5 rings (SSSR count). The van der Waals surface area contributed by atoms with Crippen molar-refractivity contribution in [3.8, 4) is 0 Å². The number of fused-ring (bicyclic) bond motifs is 2. The number of alkyl halides is 2. The van der Waals surface area contributed by atoms with Gasteiger partial charge >= 0.3 is 0 Å². The van der Waals surface area contributed by atoms with Crippen LogP contribution in [-0.2, 0) is 4.79 Å². The number of hydrogen-bond donors (Lipinski definition) is 1. The number of carbonyl (C=O) groups excluding carboxylic acids is 1. The Hall–Kier alpha value is -2.35. The molecule has 0 spiro atoms. The van der Waals surface area contributed by atoms with Crippen LogP contribution in [0.4, 0.5) is 8.78 Å². The molecule has 1 aromatic heterocycles. The van der Waals surface area contributed by atoms with Crippen molar-refractivity contribution in [2.75, 3.05) is 6.50 Å². The number of benzene rings is 1. The number of carbonyl (C=O) groups is 1. The zero-order valence-corrected chi connectivity index (χ0v) is 22.2. The van der Waals surface area contributed by atoms with Crippen LogP contribution in [0.2, 0.25) is 0 Å². The Balaban J connectivity index is 1.32. The van der Waals surface area contributed by atoms with Gasteiger partial charge in [0.15, 0.2) is 0 Å². The van der Waals surface area contributed by atoms with Gasteiger partial charge in [-0.15, -0.1) is 10.2 Å². The molecule has 37 heavy (non-hydrogen) atoms. The average molecular weight is 516 g/mol. The Morgan fingerprint density at radius 2 is 1.73 bits per heavy atom. The summed E-state index contributed by atoms with van der Waals surface area (Å²) < 4.78 is 48.1. The summed E-state index contributed by atoms with van der Waals surface area (Å²) in [4.78, 5) is 15.2. The molecule has 8 heteroatoms. The highest BCUT2D eigenvalue weighted by Crippen LogP contribution is 2.42. The number of hydrogen-bond acceptors (Lipinski definition) is 4. The van der Waals surface area contributed by atoms with Gasteiger partial charge in [-0.2, -0.15) is 0 Å². The van der Waals surface area contributed by atoms with Gasteiger partial charge in [0.25, 0.3) is 0 Å². The summed E-state index contributed by atoms with van der Waals surface area (Å²) in [6.07, 6.45) is 3.44. The normalized spacial score (nSPS) is 28.1. The second-order valence-electron chi connectivity index (χ2n) is 11.5. The van der Waals surface area contributed by atoms with E-state index in [9.17, 15) is 16.3 Å². The lowest BCUT2D eigenvalue weighted by Crippen LogP contribution is -2.45. The van der Waals surface area contributed by atoms with E-state index in [4.69, 9.17) is 0 Å². The fourth-order valence-electron chi connectivity index (χ4n) is 6.57. The highest BCUT2D eigenvalue weighted by atomic mass is 19.3. The highest BCUT2D eigenvalue weighted by molar-refractivity contribution is 5.79. The first kappa shape index (κ1) is 23.7. The van der Waals surface area contributed by atoms with Crippen molar-refractivity contribution in [1.82, 2.24) is 25.0 Å². The number of rotatable bonds is 8. The molecule has 2 saturated heterocycles. The van der Waals surface area contributed by atoms with Crippen LogP contribution in [0.5, 0.6) is 0 Å². The van der Waals surface area contributed by atoms with Gasteiger partial charge in [-0.1, -0.05) is 44.2 Å². The quantitative estimate of drug-likeness (QED) is 0.472. The van der Waals surface area contributed by atoms with E-state index in [2.05, 4.69) is 38.8 Å². The first-order valence-corrected chi connectivity index (χ1v) is 13.9. The lowest BCUT2D eigenvalue weighted by Gasteiger charge is -2.40. The van der Waals surface area contributed by atoms with Gasteiger partial charge in [0.05, 0.1) is 6.04 Å². The maximum absolute atomic E-state index is 13.7. The number of nitrogens with one attached hydrogen (secondary N) is 1. The summed E-state index contributed by atoms with van der Waals surface area (Å²) in [5.41, 5.74) is 0.833. The molecule has 3 fully saturated rings. The minimum atomic E-state index is -2.69. The first-order valence-electron chi connectivity index (χ1n) is 14.9. The van der Waals surface area contributed by atoms with Crippen LogP contribution in [0.15, 0.2) is 30.3 Å². The smallest absolute Gasteiger partial charge is 0.248 e. The summed E-state index contributed by atoms with van der Waals surface area (Å²) in [6, 6.07) is 9.36. The lowest BCUT2D eigenvalue weighted by atomic mass is 9.86. The molecule has 0 radical (unpaired) electrons. The van der Waals surface area contributed by atoms with E-state index in [-0.39, 0.29) is 62.1 Å². The third kappa shape index (κ3) is 5.74. The zero-order chi connectivity index (χ0) is 27.9. The molecule has 1 N–H and O–H groups in total. The Labute approximate surface area is 222 Å². The maximum atomic E-state index is 13.7. The summed E-state index contributed by atoms with van der Waals surface area (Å²) in [7, 11) is 0. The lowest BCUT2D eigenvalue weighted by molar-refractivity contribution is -0.130. The third-order valence-electron chi connectivity index (χ3n) is 8.57. The number of nitrogens with zero attached hydrogens (tertiary/aromatic N) is 4. The second-order valence-corrected chi connectivity index (χ2v) is 11.5. The highest BCUT2D eigenvalue weighted by Gasteiger charge is 2.42. The molecule has 6 nitrogen and oxygen atoms in total. The van der Waals surface area contributed by atoms with Crippen molar-refractivity contribution in [2.24, 2.45) is 5.92 Å². The predicted molar refractivity (Wildman–Crippen MR) is 139 cm³/mol. The fourth-order valence-corrected chi connectivity index (χ4v) is 6.57. The first-order chi connectivity index (χ1) is 18.4. The Morgan fingerprint density at radius 3 is 2.35 bits per heavy atom. The van der Waals surface area contributed by atoms with Gasteiger partial charge in [0, 0.05) is 52.0 Å². The van der Waals surface area contributed by atoms with Crippen LogP contribution >= 0.6 is 0 Å². The largest absolute Gasteiger partial charge is 0.349 e. The molecule has 1 aromatic carbocycles. The average Bonchev–Trinajstić information content (AvgIpc) is 3.41. The van der Waals surface area contributed by atoms with Crippen LogP contribution < -0.4 is 5.32 Å². The number of amides is 1. The van der Waals surface area contributed by atoms with Crippen molar-refractivity contribution in [3.05, 3.63) is 47.5 Å². The third-order valence-corrected chi connectivity index (χ3v) is 8.57. The topological polar surface area (TPSA) is 63.1 Å². The zero-order valence-electron chi connectivity index (χ0n) is 24.2. The van der Waals surface area contributed by atoms with Crippen LogP contribution in [0, 0.1) is 12.8 Å². The van der Waals surface area contributed by atoms with Crippen LogP contribution in [-0.4, -0.2) is 50.1 Å². The van der Waals surface area contributed by atoms with E-state index in [0.717, 1.165) is 42.9 Å². The molecule has 1 saturated carbocycles. The van der Waals surface area contributed by atoms with E-state index in [0.29, 0.717) is 0 Å². The van der Waals surface area contributed by atoms with Gasteiger partial charge in [-0.25, -0.2) is 8.78 Å². The molecule has 202 valence electrons. The Morgan fingerprint density at radius 1 is 1.08 bits per heavy atom. The number of halogens is 2. The van der Waals surface area contributed by atoms with Gasteiger partial charge in [0.1, 0.15) is 11.6 Å². The number of aryl methyl sites for hydroxylation is 1. The molecule has 3 unspecified atom stereocenters. The monoisotopic (exact) mass is 515 g/mol. The minimum absolute atomic E-state index is 0.0956. The van der Waals surface area contributed by atoms with E-state index in [1.54, 1.807) is 0 Å². The molecule has 1 aliphatic carbocycles. The summed E-state index contributed by atoms with van der Waals surface area (Å²) >= 11 is 0. The molecule has 1 amide bonds. The molecule has 3 aliphatic rings. The molecule has 2 bridgehead atoms. The van der Waals surface area contributed by atoms with Crippen LogP contribution in [0.3, 0.4) is 0 Å². The molecule has 3 atom stereocenters. The number of piperidine rings is 1. The van der Waals surface area contributed by atoms with E-state index >= 15 is 0 Å². The van der Waals surface area contributed by atoms with Gasteiger partial charge in [-0.3, -0.25) is 9.69 Å². The fraction of sp³-hybridized carbons (Fsp3) is 0.690. The van der Waals surface area contributed by atoms with Crippen molar-refractivity contribution in [3.63, 3.8) is 0 Å². The molecule has 2 aromatic rings. The summed E-state index contributed by atoms with van der Waals surface area (Å²) in [5, 5.41) is 11.8. The van der Waals surface area contributed by atoms with Crippen molar-refractivity contribution in [1.29, 1.82) is 0 Å². The minimum Gasteiger partial charge on any atom is -0.349 e. The van der Waals surface area contributed by atoms with Crippen molar-refractivity contribution in [2.45, 2.75) is 115 Å². The van der Waals surface area contributed by atoms with Crippen molar-refractivity contribution < 1.29 is 16.3 Å². The molecule has 3 heterocycles. The van der Waals surface area contributed by atoms with Crippen molar-refractivity contribution >= 4 is 5.91 Å². The SMILES string of the molecule is [2H]C([2H])(CC(NC(=O)C1CCC(F)(F)CC1)c1ccccc1)N1C2CCC1CC(n1c(C)nnc1C(C)C)C2. The van der Waals surface area contributed by atoms with Crippen LogP contribution in [0.1, 0.15) is 110 Å². The summed E-state index contributed by atoms with van der Waals surface area (Å²) in [5.74, 6) is -1.25. The van der Waals surface area contributed by atoms with E-state index < -0.39 is 24.4 Å². The Kier molecular flexibility index (Phi) is 6.93. The second kappa shape index (κ2) is 10.8. The van der Waals surface area contributed by atoms with Gasteiger partial charge in [0.2, 0.25) is 11.8 Å². The molecular formula is C29H41F2N5O. The number of aromatic nitrogens is 3. The van der Waals surface area contributed by atoms with Gasteiger partial charge < -0.3 is 9.88 Å². The van der Waals surface area contributed by atoms with Crippen LogP contribution in [0.25, 0.3) is 0 Å². The molecule has 2 aliphatic heterocycles. The van der Waals surface area contributed by atoms with E-state index in [1.807, 2.05) is 37.3 Å². The summed E-state index contributed by atoms with van der Waals surface area (Å²) in [6.45, 7) is 4.60. The predicted octanol–water partition coefficient (Wildman–Crippen LogP) is 5.95. The van der Waals surface area contributed by atoms with E-state index in [1.165, 1.54) is 0 Å². The maximum Gasteiger partial charge on any atom is 0.248 e. The van der Waals surface area contributed by atoms with Gasteiger partial charge in [-0.05, 0) is 57.4 Å². The standard InChI is InChI=1S/C29H41F2N5O/c1-19(2)27-34-33-20(3)36(27)25-17-23-9-10-24(18-25)35(23)16-13-26(21-7-5-4-6-8-21)32-28(37)22-11-14-29(30,31)15-12-22/h4-8,19,22-26H,9-18H2,1-3H3,(H,32,37)/i16D2. The Bertz CT molecular complexity index is 1130. The molecular weight excluding hydrogens is 472 g/mol.